The minimum atomic E-state index is -0.687. The quantitative estimate of drug-likeness (QED) is 0.261. The second-order valence-corrected chi connectivity index (χ2v) is 7.73. The summed E-state index contributed by atoms with van der Waals surface area (Å²) in [6.07, 6.45) is 4.95. The van der Waals surface area contributed by atoms with Gasteiger partial charge < -0.3 is 16.0 Å². The Kier molecular flexibility index (Phi) is 6.00. The number of carbonyl (C=O) groups excluding carboxylic acids is 1. The monoisotopic (exact) mass is 467 g/mol. The van der Waals surface area contributed by atoms with Crippen LogP contribution in [0.3, 0.4) is 0 Å². The van der Waals surface area contributed by atoms with E-state index < -0.39 is 17.5 Å². The Morgan fingerprint density at radius 1 is 0.686 bits per heavy atom. The van der Waals surface area contributed by atoms with Gasteiger partial charge in [-0.3, -0.25) is 14.8 Å². The molecule has 1 amide bonds. The van der Waals surface area contributed by atoms with Gasteiger partial charge in [-0.1, -0.05) is 0 Å². The van der Waals surface area contributed by atoms with Gasteiger partial charge in [0, 0.05) is 52.4 Å². The van der Waals surface area contributed by atoms with Gasteiger partial charge in [0.05, 0.1) is 11.1 Å². The van der Waals surface area contributed by atoms with E-state index in [0.717, 1.165) is 11.4 Å². The number of hydrogen-bond donors (Lipinski definition) is 3. The van der Waals surface area contributed by atoms with Crippen molar-refractivity contribution >= 4 is 45.2 Å². The third-order valence-electron chi connectivity index (χ3n) is 5.31. The molecule has 2 aromatic heterocycles. The largest absolute Gasteiger partial charge is 0.355 e. The van der Waals surface area contributed by atoms with Crippen molar-refractivity contribution in [2.45, 2.75) is 0 Å². The van der Waals surface area contributed by atoms with Crippen LogP contribution in [0.2, 0.25) is 0 Å². The fourth-order valence-corrected chi connectivity index (χ4v) is 3.60. The van der Waals surface area contributed by atoms with Crippen LogP contribution >= 0.6 is 0 Å². The molecule has 2 heterocycles. The maximum absolute atomic E-state index is 14.8. The average Bonchev–Trinajstić information content (AvgIpc) is 2.86. The lowest BCUT2D eigenvalue weighted by Crippen LogP contribution is -2.14. The second-order valence-electron chi connectivity index (χ2n) is 7.73. The van der Waals surface area contributed by atoms with Gasteiger partial charge in [0.15, 0.2) is 0 Å². The first-order valence-corrected chi connectivity index (χ1v) is 10.7. The molecule has 0 saturated carbocycles. The van der Waals surface area contributed by atoms with E-state index in [0.29, 0.717) is 28.0 Å². The van der Waals surface area contributed by atoms with E-state index in [2.05, 4.69) is 25.9 Å². The van der Waals surface area contributed by atoms with Gasteiger partial charge in [-0.15, -0.1) is 0 Å². The van der Waals surface area contributed by atoms with Gasteiger partial charge in [0.25, 0.3) is 5.91 Å². The van der Waals surface area contributed by atoms with Crippen molar-refractivity contribution in [1.82, 2.24) is 9.97 Å². The molecule has 6 nitrogen and oxygen atoms in total. The number of anilines is 5. The van der Waals surface area contributed by atoms with Crippen LogP contribution in [0.1, 0.15) is 10.4 Å². The molecule has 0 unspecified atom stereocenters. The molecular weight excluding hydrogens is 448 g/mol. The van der Waals surface area contributed by atoms with Crippen LogP contribution < -0.4 is 16.0 Å². The topological polar surface area (TPSA) is 78.9 Å². The smallest absolute Gasteiger partial charge is 0.258 e. The van der Waals surface area contributed by atoms with Crippen molar-refractivity contribution in [1.29, 1.82) is 0 Å². The molecule has 35 heavy (non-hydrogen) atoms. The highest BCUT2D eigenvalue weighted by Gasteiger charge is 2.13. The molecular formula is C27H19F2N5O. The molecule has 5 aromatic rings. The van der Waals surface area contributed by atoms with Crippen LogP contribution in [0, 0.1) is 11.6 Å². The van der Waals surface area contributed by atoms with Gasteiger partial charge in [-0.25, -0.2) is 8.78 Å². The summed E-state index contributed by atoms with van der Waals surface area (Å²) in [6, 6.07) is 20.9. The molecule has 3 aromatic carbocycles. The van der Waals surface area contributed by atoms with Gasteiger partial charge in [0.2, 0.25) is 0 Å². The molecule has 3 N–H and O–H groups in total. The van der Waals surface area contributed by atoms with Crippen LogP contribution in [0.4, 0.5) is 37.2 Å². The van der Waals surface area contributed by atoms with Crippen LogP contribution in [0.25, 0.3) is 10.9 Å². The van der Waals surface area contributed by atoms with E-state index in [1.165, 1.54) is 24.3 Å². The zero-order chi connectivity index (χ0) is 24.2. The number of aromatic nitrogens is 2. The number of hydrogen-bond acceptors (Lipinski definition) is 5. The number of amides is 1. The first-order chi connectivity index (χ1) is 17.0. The molecule has 0 bridgehead atoms. The van der Waals surface area contributed by atoms with E-state index in [1.807, 2.05) is 12.1 Å². The molecule has 172 valence electrons. The summed E-state index contributed by atoms with van der Waals surface area (Å²) in [6.45, 7) is 0. The summed E-state index contributed by atoms with van der Waals surface area (Å²) in [5.41, 5.74) is 3.75. The summed E-state index contributed by atoms with van der Waals surface area (Å²) < 4.78 is 28.5. The van der Waals surface area contributed by atoms with Crippen molar-refractivity contribution in [2.24, 2.45) is 0 Å². The van der Waals surface area contributed by atoms with Crippen LogP contribution in [0.15, 0.2) is 97.5 Å². The van der Waals surface area contributed by atoms with Gasteiger partial charge >= 0.3 is 0 Å². The summed E-state index contributed by atoms with van der Waals surface area (Å²) in [5, 5.41) is 9.56. The lowest BCUT2D eigenvalue weighted by molar-refractivity contribution is 0.102. The van der Waals surface area contributed by atoms with Crippen molar-refractivity contribution in [3.05, 3.63) is 115 Å². The number of nitrogens with zero attached hydrogens (tertiary/aromatic N) is 2. The van der Waals surface area contributed by atoms with E-state index >= 15 is 0 Å². The molecule has 0 spiro atoms. The lowest BCUT2D eigenvalue weighted by Gasteiger charge is -2.12. The van der Waals surface area contributed by atoms with Gasteiger partial charge in [-0.05, 0) is 78.9 Å². The van der Waals surface area contributed by atoms with Crippen LogP contribution in [-0.4, -0.2) is 15.9 Å². The fraction of sp³-hybridized carbons (Fsp3) is 0. The zero-order valence-corrected chi connectivity index (χ0v) is 18.3. The number of benzene rings is 3. The maximum Gasteiger partial charge on any atom is 0.258 e. The van der Waals surface area contributed by atoms with Crippen LogP contribution in [0.5, 0.6) is 0 Å². The molecule has 0 fully saturated rings. The Morgan fingerprint density at radius 2 is 1.40 bits per heavy atom. The number of carbonyl (C=O) groups is 1. The van der Waals surface area contributed by atoms with E-state index in [1.54, 1.807) is 61.1 Å². The predicted octanol–water partition coefficient (Wildman–Crippen LogP) is 6.65. The Balaban J connectivity index is 1.28. The maximum atomic E-state index is 14.8. The number of rotatable bonds is 6. The van der Waals surface area contributed by atoms with Crippen molar-refractivity contribution < 1.29 is 13.6 Å². The summed E-state index contributed by atoms with van der Waals surface area (Å²) in [5.74, 6) is -1.65. The first kappa shape index (κ1) is 22.0. The SMILES string of the molecule is O=C(Nc1ccc(Nc2ccncc2)cc1)c1ccc(Nc2ccnc3ccc(F)cc23)cc1F. The van der Waals surface area contributed by atoms with E-state index in [9.17, 15) is 13.6 Å². The molecule has 0 radical (unpaired) electrons. The molecule has 5 rings (SSSR count). The number of fused-ring (bicyclic) bond motifs is 1. The lowest BCUT2D eigenvalue weighted by atomic mass is 10.1. The molecule has 0 saturated heterocycles. The standard InChI is InChI=1S/C27H19F2N5O/c28-17-1-8-25-23(15-17)26(11-14-31-25)33-21-6-7-22(24(29)16-21)27(35)34-19-4-2-18(3-5-19)32-20-9-12-30-13-10-20/h1-16H,(H,30,32)(H,31,33)(H,34,35). The third-order valence-corrected chi connectivity index (χ3v) is 5.31. The minimum Gasteiger partial charge on any atom is -0.355 e. The Bertz CT molecular complexity index is 1510. The Labute approximate surface area is 199 Å². The molecule has 8 heteroatoms. The fourth-order valence-electron chi connectivity index (χ4n) is 3.60. The summed E-state index contributed by atoms with van der Waals surface area (Å²) >= 11 is 0. The molecule has 0 aliphatic heterocycles. The van der Waals surface area contributed by atoms with Crippen LogP contribution in [-0.2, 0) is 0 Å². The minimum absolute atomic E-state index is 0.0971. The highest BCUT2D eigenvalue weighted by Crippen LogP contribution is 2.27. The van der Waals surface area contributed by atoms with Crippen molar-refractivity contribution in [3.8, 4) is 0 Å². The zero-order valence-electron chi connectivity index (χ0n) is 18.3. The van der Waals surface area contributed by atoms with Crippen molar-refractivity contribution in [3.63, 3.8) is 0 Å². The first-order valence-electron chi connectivity index (χ1n) is 10.7. The van der Waals surface area contributed by atoms with Gasteiger partial charge in [-0.2, -0.15) is 0 Å². The molecule has 0 aliphatic rings. The second kappa shape index (κ2) is 9.56. The summed E-state index contributed by atoms with van der Waals surface area (Å²) in [4.78, 5) is 20.8. The Morgan fingerprint density at radius 3 is 2.17 bits per heavy atom. The molecule has 0 aliphatic carbocycles. The van der Waals surface area contributed by atoms with E-state index in [-0.39, 0.29) is 5.56 Å². The summed E-state index contributed by atoms with van der Waals surface area (Å²) in [7, 11) is 0. The number of halogens is 2. The normalized spacial score (nSPS) is 10.7. The highest BCUT2D eigenvalue weighted by molar-refractivity contribution is 6.05. The number of nitrogens with one attached hydrogen (secondary N) is 3. The van der Waals surface area contributed by atoms with E-state index in [4.69, 9.17) is 0 Å². The Hall–Kier alpha value is -4.85. The third kappa shape index (κ3) is 5.06. The van der Waals surface area contributed by atoms with Crippen molar-refractivity contribution in [2.75, 3.05) is 16.0 Å². The predicted molar refractivity (Wildman–Crippen MR) is 133 cm³/mol. The molecule has 0 atom stereocenters. The van der Waals surface area contributed by atoms with Gasteiger partial charge in [0.1, 0.15) is 11.6 Å². The number of pyridine rings is 2. The average molecular weight is 467 g/mol. The highest BCUT2D eigenvalue weighted by atomic mass is 19.1.